The Morgan fingerprint density at radius 3 is 2.88 bits per heavy atom. The molecule has 32 heavy (non-hydrogen) atoms. The van der Waals surface area contributed by atoms with Crippen LogP contribution in [0.5, 0.6) is 5.75 Å². The van der Waals surface area contributed by atoms with Crippen molar-refractivity contribution in [2.45, 2.75) is 52.5 Å². The third-order valence-corrected chi connectivity index (χ3v) is 6.61. The summed E-state index contributed by atoms with van der Waals surface area (Å²) in [5, 5.41) is 17.5. The summed E-state index contributed by atoms with van der Waals surface area (Å²) in [5.74, 6) is -0.470. The second-order valence-electron chi connectivity index (χ2n) is 8.80. The lowest BCUT2D eigenvalue weighted by Gasteiger charge is -2.36. The van der Waals surface area contributed by atoms with Gasteiger partial charge >= 0.3 is 5.97 Å². The van der Waals surface area contributed by atoms with Crippen LogP contribution < -0.4 is 5.32 Å². The van der Waals surface area contributed by atoms with Gasteiger partial charge in [-0.2, -0.15) is 5.10 Å². The number of esters is 1. The van der Waals surface area contributed by atoms with E-state index in [1.165, 1.54) is 6.07 Å². The maximum absolute atomic E-state index is 12.9. The molecule has 2 aliphatic heterocycles. The van der Waals surface area contributed by atoms with Crippen molar-refractivity contribution in [2.24, 2.45) is 5.41 Å². The highest BCUT2D eigenvalue weighted by Gasteiger charge is 2.39. The minimum Gasteiger partial charge on any atom is -0.508 e. The third kappa shape index (κ3) is 4.50. The summed E-state index contributed by atoms with van der Waals surface area (Å²) >= 11 is 0. The Morgan fingerprint density at radius 1 is 1.34 bits per heavy atom. The standard InChI is InChI=1S/C24H31N3O5/c1-3-27-21-19(14-24(15-25-22(21)29)8-11-31-12-9-24)20(26-27)5-4-10-32-23(30)18-13-17(28)7-6-16(18)2/h6-7,13,28H,3-5,8-12,14-15H2,1-2H3,(H,25,29). The maximum Gasteiger partial charge on any atom is 0.338 e. The van der Waals surface area contributed by atoms with E-state index in [1.807, 2.05) is 6.92 Å². The molecule has 8 nitrogen and oxygen atoms in total. The number of aromatic nitrogens is 2. The highest BCUT2D eigenvalue weighted by molar-refractivity contribution is 5.95. The van der Waals surface area contributed by atoms with Crippen molar-refractivity contribution in [3.63, 3.8) is 0 Å². The zero-order valence-electron chi connectivity index (χ0n) is 18.8. The molecule has 0 radical (unpaired) electrons. The van der Waals surface area contributed by atoms with E-state index in [2.05, 4.69) is 5.32 Å². The molecule has 0 saturated carbocycles. The van der Waals surface area contributed by atoms with Gasteiger partial charge in [-0.3, -0.25) is 9.48 Å². The van der Waals surface area contributed by atoms with Crippen molar-refractivity contribution in [3.05, 3.63) is 46.3 Å². The number of nitrogens with one attached hydrogen (secondary N) is 1. The Hall–Kier alpha value is -2.87. The summed E-state index contributed by atoms with van der Waals surface area (Å²) in [7, 11) is 0. The van der Waals surface area contributed by atoms with Crippen LogP contribution in [0.3, 0.4) is 0 Å². The molecule has 0 bridgehead atoms. The maximum atomic E-state index is 12.9. The SMILES string of the molecule is CCn1nc(CCCOC(=O)c2cc(O)ccc2C)c2c1C(=O)NCC1(CCOCC1)C2. The Kier molecular flexibility index (Phi) is 6.50. The van der Waals surface area contributed by atoms with E-state index in [1.54, 1.807) is 23.7 Å². The first-order chi connectivity index (χ1) is 15.4. The molecule has 0 atom stereocenters. The summed E-state index contributed by atoms with van der Waals surface area (Å²) in [4.78, 5) is 25.3. The van der Waals surface area contributed by atoms with Crippen molar-refractivity contribution < 1.29 is 24.2 Å². The van der Waals surface area contributed by atoms with Crippen LogP contribution >= 0.6 is 0 Å². The normalized spacial score (nSPS) is 17.5. The number of phenols is 1. The number of aromatic hydroxyl groups is 1. The second-order valence-corrected chi connectivity index (χ2v) is 8.80. The van der Waals surface area contributed by atoms with Crippen LogP contribution in [-0.2, 0) is 28.9 Å². The predicted octanol–water partition coefficient (Wildman–Crippen LogP) is 2.79. The van der Waals surface area contributed by atoms with E-state index < -0.39 is 5.97 Å². The van der Waals surface area contributed by atoms with E-state index >= 15 is 0 Å². The number of fused-ring (bicyclic) bond motifs is 1. The minimum absolute atomic E-state index is 0.00875. The van der Waals surface area contributed by atoms with Crippen LogP contribution in [0.15, 0.2) is 18.2 Å². The molecule has 1 aromatic heterocycles. The van der Waals surface area contributed by atoms with Gasteiger partial charge in [0.25, 0.3) is 5.91 Å². The van der Waals surface area contributed by atoms with Crippen molar-refractivity contribution in [1.29, 1.82) is 0 Å². The monoisotopic (exact) mass is 441 g/mol. The van der Waals surface area contributed by atoms with Crippen LogP contribution in [0.4, 0.5) is 0 Å². The first kappa shape index (κ1) is 22.3. The molecule has 0 aliphatic carbocycles. The Bertz CT molecular complexity index is 1010. The number of carbonyl (C=O) groups excluding carboxylic acids is 2. The molecular formula is C24H31N3O5. The molecule has 2 aromatic rings. The van der Waals surface area contributed by atoms with Gasteiger partial charge in [0.2, 0.25) is 0 Å². The molecule has 1 spiro atoms. The van der Waals surface area contributed by atoms with Gasteiger partial charge in [0.15, 0.2) is 0 Å². The third-order valence-electron chi connectivity index (χ3n) is 6.61. The van der Waals surface area contributed by atoms with Crippen LogP contribution in [0.2, 0.25) is 0 Å². The molecule has 8 heteroatoms. The predicted molar refractivity (Wildman–Crippen MR) is 118 cm³/mol. The number of ether oxygens (including phenoxy) is 2. The molecule has 2 N–H and O–H groups in total. The van der Waals surface area contributed by atoms with Crippen molar-refractivity contribution in [2.75, 3.05) is 26.4 Å². The Balaban J connectivity index is 1.46. The van der Waals surface area contributed by atoms with Crippen molar-refractivity contribution in [1.82, 2.24) is 15.1 Å². The lowest BCUT2D eigenvalue weighted by Crippen LogP contribution is -2.40. The van der Waals surface area contributed by atoms with E-state index in [0.29, 0.717) is 50.4 Å². The molecule has 1 fully saturated rings. The lowest BCUT2D eigenvalue weighted by atomic mass is 9.75. The molecular weight excluding hydrogens is 410 g/mol. The highest BCUT2D eigenvalue weighted by atomic mass is 16.5. The number of benzene rings is 1. The highest BCUT2D eigenvalue weighted by Crippen LogP contribution is 2.37. The van der Waals surface area contributed by atoms with Crippen LogP contribution in [0.1, 0.15) is 63.9 Å². The number of hydrogen-bond acceptors (Lipinski definition) is 6. The molecule has 1 saturated heterocycles. The Morgan fingerprint density at radius 2 is 2.12 bits per heavy atom. The zero-order valence-corrected chi connectivity index (χ0v) is 18.8. The first-order valence-corrected chi connectivity index (χ1v) is 11.3. The fraction of sp³-hybridized carbons (Fsp3) is 0.542. The second kappa shape index (κ2) is 9.32. The van der Waals surface area contributed by atoms with Crippen LogP contribution in [0, 0.1) is 12.3 Å². The van der Waals surface area contributed by atoms with E-state index in [9.17, 15) is 14.7 Å². The summed E-state index contributed by atoms with van der Waals surface area (Å²) in [6.07, 6.45) is 3.88. The van der Waals surface area contributed by atoms with E-state index in [-0.39, 0.29) is 23.7 Å². The molecule has 4 rings (SSSR count). The smallest absolute Gasteiger partial charge is 0.338 e. The number of hydrogen-bond donors (Lipinski definition) is 2. The summed E-state index contributed by atoms with van der Waals surface area (Å²) in [5.41, 5.74) is 3.74. The Labute approximate surface area is 187 Å². The van der Waals surface area contributed by atoms with E-state index in [4.69, 9.17) is 14.6 Å². The topological polar surface area (TPSA) is 103 Å². The van der Waals surface area contributed by atoms with Gasteiger partial charge in [0.1, 0.15) is 11.4 Å². The average Bonchev–Trinajstić information content (AvgIpc) is 3.07. The van der Waals surface area contributed by atoms with Gasteiger partial charge in [-0.1, -0.05) is 6.07 Å². The van der Waals surface area contributed by atoms with Gasteiger partial charge in [0.05, 0.1) is 17.9 Å². The molecule has 1 amide bonds. The number of amides is 1. The van der Waals surface area contributed by atoms with Crippen LogP contribution in [-0.4, -0.2) is 53.1 Å². The molecule has 1 aromatic carbocycles. The van der Waals surface area contributed by atoms with Gasteiger partial charge in [0, 0.05) is 31.9 Å². The molecule has 0 unspecified atom stereocenters. The van der Waals surface area contributed by atoms with Crippen LogP contribution in [0.25, 0.3) is 0 Å². The fourth-order valence-corrected chi connectivity index (χ4v) is 4.68. The van der Waals surface area contributed by atoms with Gasteiger partial charge in [-0.05, 0) is 69.1 Å². The fourth-order valence-electron chi connectivity index (χ4n) is 4.68. The lowest BCUT2D eigenvalue weighted by molar-refractivity contribution is 0.0160. The van der Waals surface area contributed by atoms with Gasteiger partial charge in [-0.25, -0.2) is 4.79 Å². The number of nitrogens with zero attached hydrogens (tertiary/aromatic N) is 2. The number of aryl methyl sites for hydroxylation is 3. The van der Waals surface area contributed by atoms with Gasteiger partial charge in [-0.15, -0.1) is 0 Å². The van der Waals surface area contributed by atoms with Crippen molar-refractivity contribution >= 4 is 11.9 Å². The molecule has 172 valence electrons. The number of carbonyl (C=O) groups is 2. The summed E-state index contributed by atoms with van der Waals surface area (Å²) in [6, 6.07) is 4.66. The summed E-state index contributed by atoms with van der Waals surface area (Å²) < 4.78 is 12.8. The summed E-state index contributed by atoms with van der Waals surface area (Å²) in [6.45, 7) is 6.75. The number of rotatable bonds is 6. The largest absolute Gasteiger partial charge is 0.508 e. The zero-order chi connectivity index (χ0) is 22.7. The molecule has 3 heterocycles. The first-order valence-electron chi connectivity index (χ1n) is 11.3. The van der Waals surface area contributed by atoms with Gasteiger partial charge < -0.3 is 19.9 Å². The average molecular weight is 442 g/mol. The van der Waals surface area contributed by atoms with E-state index in [0.717, 1.165) is 36.1 Å². The van der Waals surface area contributed by atoms with Crippen molar-refractivity contribution in [3.8, 4) is 5.75 Å². The number of phenolic OH excluding ortho intramolecular Hbond substituents is 1. The minimum atomic E-state index is -0.447. The molecule has 2 aliphatic rings. The quantitative estimate of drug-likeness (QED) is 0.528.